The van der Waals surface area contributed by atoms with Crippen LogP contribution in [0.3, 0.4) is 0 Å². The first-order valence-corrected chi connectivity index (χ1v) is 8.35. The fraction of sp³-hybridized carbons (Fsp3) is 0.105. The molecule has 0 radical (unpaired) electrons. The summed E-state index contributed by atoms with van der Waals surface area (Å²) in [7, 11) is 0. The predicted octanol–water partition coefficient (Wildman–Crippen LogP) is 3.01. The molecule has 6 nitrogen and oxygen atoms in total. The number of fused-ring (bicyclic) bond motifs is 1. The van der Waals surface area contributed by atoms with E-state index in [1.807, 2.05) is 31.2 Å². The van der Waals surface area contributed by atoms with Crippen molar-refractivity contribution in [2.45, 2.75) is 6.92 Å². The zero-order valence-electron chi connectivity index (χ0n) is 14.0. The van der Waals surface area contributed by atoms with Crippen molar-refractivity contribution in [3.05, 3.63) is 70.4 Å². The third-order valence-corrected chi connectivity index (χ3v) is 4.06. The second kappa shape index (κ2) is 7.84. The van der Waals surface area contributed by atoms with Crippen LogP contribution >= 0.6 is 11.6 Å². The number of rotatable bonds is 5. The van der Waals surface area contributed by atoms with Gasteiger partial charge in [-0.3, -0.25) is 9.59 Å². The molecule has 0 aliphatic carbocycles. The highest BCUT2D eigenvalue weighted by atomic mass is 35.5. The van der Waals surface area contributed by atoms with E-state index in [1.165, 1.54) is 6.07 Å². The van der Waals surface area contributed by atoms with Crippen molar-refractivity contribution >= 4 is 40.5 Å². The van der Waals surface area contributed by atoms with E-state index in [1.54, 1.807) is 24.4 Å². The molecule has 1 heterocycles. The number of carbonyl (C=O) groups excluding carboxylic acids is 2. The molecule has 0 bridgehead atoms. The molecule has 0 saturated heterocycles. The van der Waals surface area contributed by atoms with Gasteiger partial charge < -0.3 is 10.3 Å². The Balaban J connectivity index is 1.56. The highest BCUT2D eigenvalue weighted by molar-refractivity contribution is 6.31. The van der Waals surface area contributed by atoms with Gasteiger partial charge in [-0.15, -0.1) is 0 Å². The van der Waals surface area contributed by atoms with Crippen LogP contribution in [0.1, 0.15) is 21.6 Å². The summed E-state index contributed by atoms with van der Waals surface area (Å²) in [5.74, 6) is -0.798. The standard InChI is InChI=1S/C19H17ClN4O2/c1-12-16(15-7-2-3-8-17(15)23-12)10-22-24-18(25)11-21-19(26)13-5-4-6-14(20)9-13/h2-10,23H,11H2,1H3,(H,21,26)(H,24,25)/b22-10+. The van der Waals surface area contributed by atoms with Crippen LogP contribution in [0, 0.1) is 6.92 Å². The lowest BCUT2D eigenvalue weighted by molar-refractivity contribution is -0.120. The molecule has 0 atom stereocenters. The third-order valence-electron chi connectivity index (χ3n) is 3.82. The van der Waals surface area contributed by atoms with Gasteiger partial charge in [-0.25, -0.2) is 5.43 Å². The Morgan fingerprint density at radius 3 is 2.81 bits per heavy atom. The van der Waals surface area contributed by atoms with Crippen LogP contribution in [-0.4, -0.2) is 29.6 Å². The summed E-state index contributed by atoms with van der Waals surface area (Å²) in [6.07, 6.45) is 1.59. The lowest BCUT2D eigenvalue weighted by Gasteiger charge is -2.04. The van der Waals surface area contributed by atoms with Crippen LogP contribution < -0.4 is 10.7 Å². The number of aryl methyl sites for hydroxylation is 1. The van der Waals surface area contributed by atoms with Gasteiger partial charge >= 0.3 is 0 Å². The van der Waals surface area contributed by atoms with Crippen molar-refractivity contribution in [2.75, 3.05) is 6.54 Å². The number of para-hydroxylation sites is 1. The summed E-state index contributed by atoms with van der Waals surface area (Å²) in [6, 6.07) is 14.3. The maximum absolute atomic E-state index is 12.0. The Hall–Kier alpha value is -3.12. The molecule has 2 aromatic carbocycles. The maximum atomic E-state index is 12.0. The molecule has 3 aromatic rings. The van der Waals surface area contributed by atoms with E-state index >= 15 is 0 Å². The summed E-state index contributed by atoms with van der Waals surface area (Å²) in [5, 5.41) is 7.98. The van der Waals surface area contributed by atoms with Gasteiger partial charge in [0.25, 0.3) is 11.8 Å². The molecule has 2 amide bonds. The van der Waals surface area contributed by atoms with Crippen LogP contribution in [0.25, 0.3) is 10.9 Å². The zero-order valence-corrected chi connectivity index (χ0v) is 14.8. The van der Waals surface area contributed by atoms with Gasteiger partial charge in [-0.2, -0.15) is 5.10 Å². The fourth-order valence-corrected chi connectivity index (χ4v) is 2.76. The second-order valence-corrected chi connectivity index (χ2v) is 6.13. The number of hydrazone groups is 1. The molecule has 0 unspecified atom stereocenters. The Bertz CT molecular complexity index is 994. The fourth-order valence-electron chi connectivity index (χ4n) is 2.57. The van der Waals surface area contributed by atoms with Gasteiger partial charge in [0.2, 0.25) is 0 Å². The molecule has 0 aliphatic rings. The molecule has 7 heteroatoms. The molecular weight excluding hydrogens is 352 g/mol. The minimum absolute atomic E-state index is 0.185. The number of nitrogens with zero attached hydrogens (tertiary/aromatic N) is 1. The van der Waals surface area contributed by atoms with E-state index < -0.39 is 5.91 Å². The molecule has 0 aliphatic heterocycles. The lowest BCUT2D eigenvalue weighted by atomic mass is 10.1. The average molecular weight is 369 g/mol. The lowest BCUT2D eigenvalue weighted by Crippen LogP contribution is -2.34. The smallest absolute Gasteiger partial charge is 0.259 e. The number of aromatic nitrogens is 1. The van der Waals surface area contributed by atoms with Gasteiger partial charge in [0, 0.05) is 32.7 Å². The minimum Gasteiger partial charge on any atom is -0.358 e. The van der Waals surface area contributed by atoms with Crippen molar-refractivity contribution in [3.8, 4) is 0 Å². The summed E-state index contributed by atoms with van der Waals surface area (Å²) in [5.41, 5.74) is 5.67. The Morgan fingerprint density at radius 2 is 2.00 bits per heavy atom. The van der Waals surface area contributed by atoms with Gasteiger partial charge in [0.05, 0.1) is 12.8 Å². The van der Waals surface area contributed by atoms with Gasteiger partial charge in [-0.05, 0) is 31.2 Å². The number of amides is 2. The quantitative estimate of drug-likeness (QED) is 0.477. The molecule has 132 valence electrons. The summed E-state index contributed by atoms with van der Waals surface area (Å²) >= 11 is 5.84. The largest absolute Gasteiger partial charge is 0.358 e. The summed E-state index contributed by atoms with van der Waals surface area (Å²) in [4.78, 5) is 27.1. The van der Waals surface area contributed by atoms with E-state index in [4.69, 9.17) is 11.6 Å². The topological polar surface area (TPSA) is 86.3 Å². The first-order valence-electron chi connectivity index (χ1n) is 7.97. The number of benzene rings is 2. The predicted molar refractivity (Wildman–Crippen MR) is 103 cm³/mol. The van der Waals surface area contributed by atoms with E-state index in [-0.39, 0.29) is 12.5 Å². The van der Waals surface area contributed by atoms with Crippen molar-refractivity contribution < 1.29 is 9.59 Å². The number of hydrogen-bond donors (Lipinski definition) is 3. The second-order valence-electron chi connectivity index (χ2n) is 5.70. The van der Waals surface area contributed by atoms with E-state index in [0.29, 0.717) is 10.6 Å². The van der Waals surface area contributed by atoms with Crippen molar-refractivity contribution in [3.63, 3.8) is 0 Å². The molecule has 1 aromatic heterocycles. The first kappa shape index (κ1) is 17.7. The van der Waals surface area contributed by atoms with Crippen LogP contribution in [0.2, 0.25) is 5.02 Å². The Morgan fingerprint density at radius 1 is 1.19 bits per heavy atom. The van der Waals surface area contributed by atoms with E-state index in [0.717, 1.165) is 22.2 Å². The molecule has 0 spiro atoms. The van der Waals surface area contributed by atoms with Crippen LogP contribution in [0.4, 0.5) is 0 Å². The zero-order chi connectivity index (χ0) is 18.5. The van der Waals surface area contributed by atoms with Crippen molar-refractivity contribution in [2.24, 2.45) is 5.10 Å². The number of hydrogen-bond acceptors (Lipinski definition) is 3. The SMILES string of the molecule is Cc1[nH]c2ccccc2c1/C=N/NC(=O)CNC(=O)c1cccc(Cl)c1. The average Bonchev–Trinajstić information content (AvgIpc) is 2.95. The number of halogens is 1. The van der Waals surface area contributed by atoms with Crippen molar-refractivity contribution in [1.29, 1.82) is 0 Å². The number of carbonyl (C=O) groups is 2. The normalized spacial score (nSPS) is 11.0. The van der Waals surface area contributed by atoms with E-state index in [9.17, 15) is 9.59 Å². The number of nitrogens with one attached hydrogen (secondary N) is 3. The summed E-state index contributed by atoms with van der Waals surface area (Å²) < 4.78 is 0. The van der Waals surface area contributed by atoms with Crippen LogP contribution in [0.5, 0.6) is 0 Å². The van der Waals surface area contributed by atoms with Crippen molar-refractivity contribution in [1.82, 2.24) is 15.7 Å². The molecular formula is C19H17ClN4O2. The van der Waals surface area contributed by atoms with Gasteiger partial charge in [0.15, 0.2) is 0 Å². The first-order chi connectivity index (χ1) is 12.5. The molecule has 26 heavy (non-hydrogen) atoms. The van der Waals surface area contributed by atoms with Crippen LogP contribution in [0.15, 0.2) is 53.6 Å². The van der Waals surface area contributed by atoms with Crippen LogP contribution in [-0.2, 0) is 4.79 Å². The van der Waals surface area contributed by atoms with Gasteiger partial charge in [0.1, 0.15) is 0 Å². The Kier molecular flexibility index (Phi) is 5.34. The summed E-state index contributed by atoms with van der Waals surface area (Å²) in [6.45, 7) is 1.75. The third kappa shape index (κ3) is 4.10. The molecule has 0 fully saturated rings. The maximum Gasteiger partial charge on any atom is 0.259 e. The monoisotopic (exact) mass is 368 g/mol. The van der Waals surface area contributed by atoms with E-state index in [2.05, 4.69) is 20.8 Å². The number of aromatic amines is 1. The molecule has 3 rings (SSSR count). The Labute approximate surface area is 155 Å². The number of H-pyrrole nitrogens is 1. The minimum atomic E-state index is -0.422. The molecule has 0 saturated carbocycles. The molecule has 3 N–H and O–H groups in total. The highest BCUT2D eigenvalue weighted by Crippen LogP contribution is 2.19. The van der Waals surface area contributed by atoms with Gasteiger partial charge in [-0.1, -0.05) is 35.9 Å². The highest BCUT2D eigenvalue weighted by Gasteiger charge is 2.08.